The fourth-order valence-electron chi connectivity index (χ4n) is 4.25. The Labute approximate surface area is 158 Å². The zero-order valence-corrected chi connectivity index (χ0v) is 16.6. The highest BCUT2D eigenvalue weighted by molar-refractivity contribution is 7.18. The lowest BCUT2D eigenvalue weighted by Crippen LogP contribution is -3.28. The summed E-state index contributed by atoms with van der Waals surface area (Å²) in [5, 5.41) is 0.771. The van der Waals surface area contributed by atoms with Crippen LogP contribution in [0, 0.1) is 13.8 Å². The number of hydrogen-bond acceptors (Lipinski definition) is 4. The van der Waals surface area contributed by atoms with Gasteiger partial charge in [0.1, 0.15) is 50.2 Å². The van der Waals surface area contributed by atoms with E-state index in [9.17, 15) is 4.79 Å². The van der Waals surface area contributed by atoms with Crippen molar-refractivity contribution in [2.24, 2.45) is 0 Å². The van der Waals surface area contributed by atoms with E-state index in [1.165, 1.54) is 42.1 Å². The van der Waals surface area contributed by atoms with E-state index in [2.05, 4.69) is 11.9 Å². The summed E-state index contributed by atoms with van der Waals surface area (Å²) >= 11 is 1.63. The summed E-state index contributed by atoms with van der Waals surface area (Å²) in [6, 6.07) is 0. The van der Waals surface area contributed by atoms with E-state index in [0.29, 0.717) is 6.10 Å². The molecule has 3 N–H and O–H groups in total. The van der Waals surface area contributed by atoms with E-state index in [4.69, 9.17) is 9.72 Å². The highest BCUT2D eigenvalue weighted by atomic mass is 32.1. The van der Waals surface area contributed by atoms with Crippen LogP contribution in [0.1, 0.15) is 35.5 Å². The van der Waals surface area contributed by atoms with Gasteiger partial charge >= 0.3 is 0 Å². The molecule has 0 aliphatic carbocycles. The summed E-state index contributed by atoms with van der Waals surface area (Å²) in [6.07, 6.45) is 4.23. The first-order valence-electron chi connectivity index (χ1n) is 9.88. The van der Waals surface area contributed by atoms with Crippen LogP contribution in [-0.2, 0) is 11.3 Å². The van der Waals surface area contributed by atoms with Crippen molar-refractivity contribution in [3.8, 4) is 0 Å². The number of hydrogen-bond donors (Lipinski definition) is 3. The van der Waals surface area contributed by atoms with Crippen LogP contribution in [0.5, 0.6) is 0 Å². The number of aromatic amines is 1. The molecule has 0 radical (unpaired) electrons. The van der Waals surface area contributed by atoms with E-state index >= 15 is 0 Å². The van der Waals surface area contributed by atoms with Crippen LogP contribution < -0.4 is 15.4 Å². The number of quaternary nitrogens is 2. The van der Waals surface area contributed by atoms with Crippen LogP contribution in [0.3, 0.4) is 0 Å². The molecule has 0 unspecified atom stereocenters. The maximum Gasteiger partial charge on any atom is 0.260 e. The molecule has 142 valence electrons. The summed E-state index contributed by atoms with van der Waals surface area (Å²) in [5.74, 6) is 0.831. The first kappa shape index (κ1) is 18.1. The average molecular weight is 379 g/mol. The number of H-pyrrole nitrogens is 1. The first-order chi connectivity index (χ1) is 12.6. The molecule has 0 amide bonds. The van der Waals surface area contributed by atoms with E-state index in [0.717, 1.165) is 54.4 Å². The van der Waals surface area contributed by atoms with Gasteiger partial charge in [-0.3, -0.25) is 4.79 Å². The SMILES string of the molecule is Cc1sc2nc(C[NH+]3CC[NH+](C[C@@H]4CCCCO4)CC3)[nH]c(=O)c2c1C. The second kappa shape index (κ2) is 7.76. The number of thiophene rings is 1. The molecule has 7 heteroatoms. The quantitative estimate of drug-likeness (QED) is 0.669. The number of rotatable bonds is 4. The van der Waals surface area contributed by atoms with Crippen molar-refractivity contribution in [2.45, 2.75) is 45.8 Å². The van der Waals surface area contributed by atoms with E-state index in [1.54, 1.807) is 16.2 Å². The Morgan fingerprint density at radius 1 is 1.19 bits per heavy atom. The molecule has 2 aromatic heterocycles. The van der Waals surface area contributed by atoms with Gasteiger partial charge in [0.25, 0.3) is 5.56 Å². The summed E-state index contributed by atoms with van der Waals surface area (Å²) in [6.45, 7) is 11.6. The summed E-state index contributed by atoms with van der Waals surface area (Å²) in [7, 11) is 0. The van der Waals surface area contributed by atoms with Crippen LogP contribution in [0.2, 0.25) is 0 Å². The topological polar surface area (TPSA) is 63.9 Å². The van der Waals surface area contributed by atoms with Crippen LogP contribution in [0.25, 0.3) is 10.2 Å². The molecular formula is C19H30N4O2S+2. The zero-order valence-electron chi connectivity index (χ0n) is 15.8. The molecule has 0 aromatic carbocycles. The van der Waals surface area contributed by atoms with Crippen molar-refractivity contribution < 1.29 is 14.5 Å². The van der Waals surface area contributed by atoms with Gasteiger partial charge in [-0.1, -0.05) is 0 Å². The molecule has 1 atom stereocenters. The van der Waals surface area contributed by atoms with Gasteiger partial charge in [0.15, 0.2) is 5.82 Å². The molecule has 2 aliphatic heterocycles. The number of piperazine rings is 1. The van der Waals surface area contributed by atoms with Crippen molar-refractivity contribution in [1.29, 1.82) is 0 Å². The number of nitrogens with one attached hydrogen (secondary N) is 3. The predicted molar refractivity (Wildman–Crippen MR) is 103 cm³/mol. The summed E-state index contributed by atoms with van der Waals surface area (Å²) in [4.78, 5) is 25.5. The second-order valence-electron chi connectivity index (χ2n) is 7.85. The third-order valence-corrected chi connectivity index (χ3v) is 7.06. The standard InChI is InChI=1S/C19H28N4O2S/c1-13-14(2)26-19-17(13)18(24)20-16(21-19)12-23-8-6-22(7-9-23)11-15-5-3-4-10-25-15/h15H,3-12H2,1-2H3,(H,20,21,24)/p+2/t15-/m0/s1. The molecule has 2 saturated heterocycles. The van der Waals surface area contributed by atoms with Crippen molar-refractivity contribution in [2.75, 3.05) is 39.3 Å². The van der Waals surface area contributed by atoms with E-state index in [-0.39, 0.29) is 5.56 Å². The van der Waals surface area contributed by atoms with Gasteiger partial charge in [-0.15, -0.1) is 11.3 Å². The Kier molecular flexibility index (Phi) is 5.40. The third kappa shape index (κ3) is 3.86. The lowest BCUT2D eigenvalue weighted by atomic mass is 10.1. The molecular weight excluding hydrogens is 348 g/mol. The van der Waals surface area contributed by atoms with Gasteiger partial charge in [0.2, 0.25) is 0 Å². The first-order valence-corrected chi connectivity index (χ1v) is 10.7. The number of aromatic nitrogens is 2. The predicted octanol–water partition coefficient (Wildman–Crippen LogP) is -0.546. The van der Waals surface area contributed by atoms with Crippen molar-refractivity contribution in [3.05, 3.63) is 26.6 Å². The Hall–Kier alpha value is -1.28. The van der Waals surface area contributed by atoms with Gasteiger partial charge < -0.3 is 19.5 Å². The molecule has 26 heavy (non-hydrogen) atoms. The maximum absolute atomic E-state index is 12.4. The van der Waals surface area contributed by atoms with Crippen LogP contribution in [0.4, 0.5) is 0 Å². The number of aryl methyl sites for hydroxylation is 2. The van der Waals surface area contributed by atoms with E-state index in [1.807, 2.05) is 6.92 Å². The normalized spacial score (nSPS) is 27.1. The minimum atomic E-state index is 0.0185. The molecule has 2 aromatic rings. The third-order valence-electron chi connectivity index (χ3n) is 5.96. The summed E-state index contributed by atoms with van der Waals surface area (Å²) < 4.78 is 5.89. The average Bonchev–Trinajstić information content (AvgIpc) is 2.92. The molecule has 0 saturated carbocycles. The number of nitrogens with zero attached hydrogens (tertiary/aromatic N) is 1. The Morgan fingerprint density at radius 3 is 2.69 bits per heavy atom. The minimum absolute atomic E-state index is 0.0185. The van der Waals surface area contributed by atoms with Crippen molar-refractivity contribution >= 4 is 21.6 Å². The smallest absolute Gasteiger partial charge is 0.260 e. The fraction of sp³-hybridized carbons (Fsp3) is 0.684. The van der Waals surface area contributed by atoms with Crippen LogP contribution in [-0.4, -0.2) is 55.4 Å². The van der Waals surface area contributed by atoms with Crippen LogP contribution in [0.15, 0.2) is 4.79 Å². The molecule has 0 spiro atoms. The minimum Gasteiger partial charge on any atom is -0.372 e. The van der Waals surface area contributed by atoms with Crippen molar-refractivity contribution in [1.82, 2.24) is 9.97 Å². The maximum atomic E-state index is 12.4. The monoisotopic (exact) mass is 378 g/mol. The number of ether oxygens (including phenoxy) is 1. The van der Waals surface area contributed by atoms with Gasteiger partial charge in [-0.2, -0.15) is 0 Å². The molecule has 2 aliphatic rings. The van der Waals surface area contributed by atoms with Crippen molar-refractivity contribution in [3.63, 3.8) is 0 Å². The summed E-state index contributed by atoms with van der Waals surface area (Å²) in [5.41, 5.74) is 1.09. The highest BCUT2D eigenvalue weighted by Gasteiger charge is 2.27. The van der Waals surface area contributed by atoms with Crippen LogP contribution >= 0.6 is 11.3 Å². The Morgan fingerprint density at radius 2 is 1.96 bits per heavy atom. The molecule has 6 nitrogen and oxygen atoms in total. The highest BCUT2D eigenvalue weighted by Crippen LogP contribution is 2.25. The Balaban J connectivity index is 1.35. The number of fused-ring (bicyclic) bond motifs is 1. The zero-order chi connectivity index (χ0) is 18.1. The fourth-order valence-corrected chi connectivity index (χ4v) is 5.30. The molecule has 0 bridgehead atoms. The second-order valence-corrected chi connectivity index (χ2v) is 9.05. The lowest BCUT2D eigenvalue weighted by Gasteiger charge is -2.32. The Bertz CT molecular complexity index is 817. The largest absolute Gasteiger partial charge is 0.372 e. The van der Waals surface area contributed by atoms with Gasteiger partial charge in [0, 0.05) is 11.5 Å². The van der Waals surface area contributed by atoms with Gasteiger partial charge in [-0.05, 0) is 38.7 Å². The van der Waals surface area contributed by atoms with E-state index < -0.39 is 0 Å². The molecule has 4 heterocycles. The van der Waals surface area contributed by atoms with Gasteiger partial charge in [-0.25, -0.2) is 4.98 Å². The van der Waals surface area contributed by atoms with Gasteiger partial charge in [0.05, 0.1) is 5.39 Å². The molecule has 2 fully saturated rings. The lowest BCUT2D eigenvalue weighted by molar-refractivity contribution is -1.02. The molecule has 4 rings (SSSR count).